The molecule has 1 saturated heterocycles. The van der Waals surface area contributed by atoms with E-state index < -0.39 is 17.1 Å². The molecule has 0 bridgehead atoms. The van der Waals surface area contributed by atoms with E-state index in [1.807, 2.05) is 20.8 Å². The van der Waals surface area contributed by atoms with Gasteiger partial charge in [0.05, 0.1) is 12.0 Å². The fraction of sp³-hybridized carbons (Fsp3) is 0.733. The van der Waals surface area contributed by atoms with Crippen molar-refractivity contribution in [3.05, 3.63) is 12.2 Å². The number of carbonyl (C=O) groups excluding carboxylic acids is 1. The molecule has 1 fully saturated rings. The number of likely N-dealkylation sites (tertiary alicyclic amines) is 1. The average molecular weight is 296 g/mol. The van der Waals surface area contributed by atoms with Crippen LogP contribution < -0.4 is 5.32 Å². The lowest BCUT2D eigenvalue weighted by molar-refractivity contribution is -0.141. The maximum atomic E-state index is 12.0. The van der Waals surface area contributed by atoms with Crippen LogP contribution in [0.15, 0.2) is 12.2 Å². The topological polar surface area (TPSA) is 78.9 Å². The van der Waals surface area contributed by atoms with Gasteiger partial charge in [-0.1, -0.05) is 12.2 Å². The summed E-state index contributed by atoms with van der Waals surface area (Å²) in [5, 5.41) is 12.5. The van der Waals surface area contributed by atoms with Crippen LogP contribution in [0.2, 0.25) is 0 Å². The van der Waals surface area contributed by atoms with Crippen LogP contribution in [0, 0.1) is 0 Å². The summed E-state index contributed by atoms with van der Waals surface area (Å²) in [5.74, 6) is -0.850. The Balaban J connectivity index is 1.92. The minimum atomic E-state index is -0.850. The van der Waals surface area contributed by atoms with Crippen molar-refractivity contribution >= 4 is 12.1 Å². The van der Waals surface area contributed by atoms with E-state index in [-0.39, 0.29) is 18.6 Å². The van der Waals surface area contributed by atoms with Crippen molar-refractivity contribution in [1.29, 1.82) is 0 Å². The molecule has 0 radical (unpaired) electrons. The number of aliphatic carboxylic acids is 1. The lowest BCUT2D eigenvalue weighted by atomic mass is 9.85. The highest BCUT2D eigenvalue weighted by Gasteiger charge is 2.48. The Morgan fingerprint density at radius 2 is 1.90 bits per heavy atom. The number of carboxylic acid groups (broad SMARTS) is 1. The standard InChI is InChI=1S/C15H24N2O4/c1-14(2,3)21-13(20)17-9-15(10-17,8-12(18)19)16-11-6-4-5-7-11/h4-5,11,16H,6-10H2,1-3H3,(H,18,19). The molecule has 1 heterocycles. The number of carbonyl (C=O) groups is 2. The largest absolute Gasteiger partial charge is 0.481 e. The summed E-state index contributed by atoms with van der Waals surface area (Å²) in [7, 11) is 0. The summed E-state index contributed by atoms with van der Waals surface area (Å²) >= 11 is 0. The van der Waals surface area contributed by atoms with Crippen molar-refractivity contribution in [3.63, 3.8) is 0 Å². The van der Waals surface area contributed by atoms with E-state index in [9.17, 15) is 9.59 Å². The summed E-state index contributed by atoms with van der Waals surface area (Å²) < 4.78 is 5.31. The molecule has 0 aromatic carbocycles. The van der Waals surface area contributed by atoms with Gasteiger partial charge < -0.3 is 20.1 Å². The van der Waals surface area contributed by atoms with Crippen molar-refractivity contribution in [1.82, 2.24) is 10.2 Å². The molecule has 6 heteroatoms. The Hall–Kier alpha value is -1.56. The van der Waals surface area contributed by atoms with Crippen molar-refractivity contribution in [2.45, 2.75) is 57.2 Å². The van der Waals surface area contributed by atoms with Gasteiger partial charge in [-0.3, -0.25) is 4.79 Å². The van der Waals surface area contributed by atoms with Gasteiger partial charge in [-0.05, 0) is 33.6 Å². The molecule has 1 aliphatic carbocycles. The zero-order valence-corrected chi connectivity index (χ0v) is 12.9. The molecule has 0 spiro atoms. The molecule has 1 aliphatic heterocycles. The highest BCUT2D eigenvalue weighted by molar-refractivity contribution is 5.73. The Labute approximate surface area is 125 Å². The third-order valence-electron chi connectivity index (χ3n) is 3.65. The molecule has 2 aliphatic rings. The molecule has 0 aromatic rings. The monoisotopic (exact) mass is 296 g/mol. The van der Waals surface area contributed by atoms with Crippen LogP contribution in [0.4, 0.5) is 4.79 Å². The third-order valence-corrected chi connectivity index (χ3v) is 3.65. The van der Waals surface area contributed by atoms with E-state index in [0.717, 1.165) is 12.8 Å². The molecule has 118 valence electrons. The molecular formula is C15H24N2O4. The summed E-state index contributed by atoms with van der Waals surface area (Å²) in [6.07, 6.45) is 5.65. The van der Waals surface area contributed by atoms with Crippen LogP contribution in [-0.4, -0.2) is 52.3 Å². The van der Waals surface area contributed by atoms with Gasteiger partial charge in [-0.15, -0.1) is 0 Å². The highest BCUT2D eigenvalue weighted by atomic mass is 16.6. The van der Waals surface area contributed by atoms with Crippen molar-refractivity contribution < 1.29 is 19.4 Å². The molecular weight excluding hydrogens is 272 g/mol. The summed E-state index contributed by atoms with van der Waals surface area (Å²) in [5.41, 5.74) is -1.07. The van der Waals surface area contributed by atoms with Crippen molar-refractivity contribution in [2.75, 3.05) is 13.1 Å². The van der Waals surface area contributed by atoms with Crippen LogP contribution in [0.3, 0.4) is 0 Å². The Morgan fingerprint density at radius 3 is 2.38 bits per heavy atom. The molecule has 2 rings (SSSR count). The second-order valence-electron chi connectivity index (χ2n) is 6.97. The Morgan fingerprint density at radius 1 is 1.33 bits per heavy atom. The van der Waals surface area contributed by atoms with Gasteiger partial charge >= 0.3 is 12.1 Å². The maximum absolute atomic E-state index is 12.0. The zero-order valence-electron chi connectivity index (χ0n) is 12.9. The molecule has 0 atom stereocenters. The first kappa shape index (κ1) is 15.8. The molecule has 1 amide bonds. The first-order chi connectivity index (χ1) is 9.69. The fourth-order valence-corrected chi connectivity index (χ4v) is 2.85. The number of amides is 1. The fourth-order valence-electron chi connectivity index (χ4n) is 2.85. The van der Waals surface area contributed by atoms with Gasteiger partial charge in [-0.25, -0.2) is 4.79 Å². The van der Waals surface area contributed by atoms with E-state index in [1.54, 1.807) is 4.90 Å². The number of rotatable bonds is 4. The first-order valence-electron chi connectivity index (χ1n) is 7.32. The third kappa shape index (κ3) is 4.20. The van der Waals surface area contributed by atoms with E-state index in [0.29, 0.717) is 13.1 Å². The van der Waals surface area contributed by atoms with Gasteiger partial charge in [0, 0.05) is 19.1 Å². The minimum absolute atomic E-state index is 0.0167. The molecule has 21 heavy (non-hydrogen) atoms. The van der Waals surface area contributed by atoms with E-state index >= 15 is 0 Å². The lowest BCUT2D eigenvalue weighted by Gasteiger charge is -2.51. The van der Waals surface area contributed by atoms with Crippen LogP contribution in [0.25, 0.3) is 0 Å². The second kappa shape index (κ2) is 5.67. The number of carboxylic acids is 1. The minimum Gasteiger partial charge on any atom is -0.481 e. The highest BCUT2D eigenvalue weighted by Crippen LogP contribution is 2.29. The predicted octanol–water partition coefficient (Wildman–Crippen LogP) is 1.76. The van der Waals surface area contributed by atoms with Crippen LogP contribution >= 0.6 is 0 Å². The predicted molar refractivity (Wildman–Crippen MR) is 78.1 cm³/mol. The quantitative estimate of drug-likeness (QED) is 0.773. The van der Waals surface area contributed by atoms with Crippen LogP contribution in [0.1, 0.15) is 40.0 Å². The molecule has 0 aromatic heterocycles. The summed E-state index contributed by atoms with van der Waals surface area (Å²) in [6, 6.07) is 0.269. The average Bonchev–Trinajstić information content (AvgIpc) is 2.74. The second-order valence-corrected chi connectivity index (χ2v) is 6.97. The smallest absolute Gasteiger partial charge is 0.410 e. The summed E-state index contributed by atoms with van der Waals surface area (Å²) in [6.45, 7) is 6.21. The number of ether oxygens (including phenoxy) is 1. The van der Waals surface area contributed by atoms with Gasteiger partial charge in [0.2, 0.25) is 0 Å². The van der Waals surface area contributed by atoms with E-state index in [1.165, 1.54) is 0 Å². The number of nitrogens with zero attached hydrogens (tertiary/aromatic N) is 1. The van der Waals surface area contributed by atoms with Gasteiger partial charge in [-0.2, -0.15) is 0 Å². The molecule has 2 N–H and O–H groups in total. The number of hydrogen-bond acceptors (Lipinski definition) is 4. The summed E-state index contributed by atoms with van der Waals surface area (Å²) in [4.78, 5) is 24.6. The number of hydrogen-bond donors (Lipinski definition) is 2. The normalized spacial score (nSPS) is 21.2. The van der Waals surface area contributed by atoms with E-state index in [4.69, 9.17) is 9.84 Å². The maximum Gasteiger partial charge on any atom is 0.410 e. The van der Waals surface area contributed by atoms with Gasteiger partial charge in [0.15, 0.2) is 0 Å². The van der Waals surface area contributed by atoms with E-state index in [2.05, 4.69) is 17.5 Å². The number of nitrogens with one attached hydrogen (secondary N) is 1. The SMILES string of the molecule is CC(C)(C)OC(=O)N1CC(CC(=O)O)(NC2CC=CC2)C1. The Bertz CT molecular complexity index is 439. The van der Waals surface area contributed by atoms with Crippen LogP contribution in [0.5, 0.6) is 0 Å². The molecule has 0 unspecified atom stereocenters. The Kier molecular flexibility index (Phi) is 4.27. The zero-order chi connectivity index (χ0) is 15.7. The lowest BCUT2D eigenvalue weighted by Crippen LogP contribution is -2.72. The van der Waals surface area contributed by atoms with Crippen molar-refractivity contribution in [3.8, 4) is 0 Å². The first-order valence-corrected chi connectivity index (χ1v) is 7.32. The molecule has 0 saturated carbocycles. The molecule has 6 nitrogen and oxygen atoms in total. The van der Waals surface area contributed by atoms with Gasteiger partial charge in [0.25, 0.3) is 0 Å². The van der Waals surface area contributed by atoms with Crippen LogP contribution in [-0.2, 0) is 9.53 Å². The van der Waals surface area contributed by atoms with Gasteiger partial charge in [0.1, 0.15) is 5.60 Å². The van der Waals surface area contributed by atoms with Crippen molar-refractivity contribution in [2.24, 2.45) is 0 Å².